The van der Waals surface area contributed by atoms with Crippen molar-refractivity contribution in [3.05, 3.63) is 0 Å². The second-order valence-electron chi connectivity index (χ2n) is 5.69. The Bertz CT molecular complexity index is 299. The van der Waals surface area contributed by atoms with Gasteiger partial charge in [0.2, 0.25) is 5.91 Å². The molecule has 1 aliphatic carbocycles. The zero-order valence-electron chi connectivity index (χ0n) is 11.6. The van der Waals surface area contributed by atoms with Crippen LogP contribution in [-0.4, -0.2) is 43.3 Å². The summed E-state index contributed by atoms with van der Waals surface area (Å²) in [6, 6.07) is 0. The Morgan fingerprint density at radius 1 is 1.42 bits per heavy atom. The Morgan fingerprint density at radius 3 is 2.68 bits per heavy atom. The molecule has 0 aromatic carbocycles. The lowest BCUT2D eigenvalue weighted by molar-refractivity contribution is -0.127. The smallest absolute Gasteiger partial charge is 0.220 e. The molecular formula is C14H24ClNO3. The van der Waals surface area contributed by atoms with Crippen molar-refractivity contribution in [2.24, 2.45) is 5.92 Å². The minimum Gasteiger partial charge on any atom is -0.381 e. The molecule has 0 aromatic heterocycles. The second kappa shape index (κ2) is 6.91. The molecule has 0 spiro atoms. The van der Waals surface area contributed by atoms with Gasteiger partial charge in [-0.2, -0.15) is 0 Å². The summed E-state index contributed by atoms with van der Waals surface area (Å²) in [5.41, 5.74) is -0.250. The first-order valence-electron chi connectivity index (χ1n) is 7.24. The molecule has 110 valence electrons. The molecule has 5 heteroatoms. The van der Waals surface area contributed by atoms with E-state index >= 15 is 0 Å². The van der Waals surface area contributed by atoms with E-state index < -0.39 is 0 Å². The van der Waals surface area contributed by atoms with E-state index in [1.807, 2.05) is 6.92 Å². The van der Waals surface area contributed by atoms with Crippen LogP contribution in [0.15, 0.2) is 0 Å². The highest BCUT2D eigenvalue weighted by Gasteiger charge is 2.36. The maximum Gasteiger partial charge on any atom is 0.220 e. The van der Waals surface area contributed by atoms with Crippen LogP contribution >= 0.6 is 11.6 Å². The average molecular weight is 290 g/mol. The van der Waals surface area contributed by atoms with E-state index in [0.29, 0.717) is 37.5 Å². The Balaban J connectivity index is 1.72. The van der Waals surface area contributed by atoms with Crippen LogP contribution in [0, 0.1) is 5.92 Å². The molecule has 2 fully saturated rings. The molecule has 2 aliphatic rings. The van der Waals surface area contributed by atoms with Crippen molar-refractivity contribution in [3.8, 4) is 0 Å². The quantitative estimate of drug-likeness (QED) is 0.762. The fourth-order valence-electron chi connectivity index (χ4n) is 2.88. The van der Waals surface area contributed by atoms with E-state index in [1.54, 1.807) is 0 Å². The SMILES string of the molecule is CCOC1CC(CC(=O)NC2(CCl)CCOCC2)C1. The number of alkyl halides is 1. The zero-order valence-corrected chi connectivity index (χ0v) is 12.4. The van der Waals surface area contributed by atoms with Crippen LogP contribution in [0.3, 0.4) is 0 Å². The number of carbonyl (C=O) groups excluding carboxylic acids is 1. The van der Waals surface area contributed by atoms with E-state index in [1.165, 1.54) is 0 Å². The van der Waals surface area contributed by atoms with Gasteiger partial charge >= 0.3 is 0 Å². The molecule has 1 aliphatic heterocycles. The molecule has 19 heavy (non-hydrogen) atoms. The van der Waals surface area contributed by atoms with E-state index in [-0.39, 0.29) is 11.4 Å². The number of amides is 1. The van der Waals surface area contributed by atoms with Crippen molar-refractivity contribution < 1.29 is 14.3 Å². The van der Waals surface area contributed by atoms with E-state index in [0.717, 1.165) is 32.3 Å². The van der Waals surface area contributed by atoms with E-state index in [2.05, 4.69) is 5.32 Å². The molecule has 0 radical (unpaired) electrons. The van der Waals surface area contributed by atoms with Gasteiger partial charge in [0.1, 0.15) is 0 Å². The number of nitrogens with one attached hydrogen (secondary N) is 1. The molecule has 0 aromatic rings. The first-order chi connectivity index (χ1) is 9.17. The molecule has 4 nitrogen and oxygen atoms in total. The van der Waals surface area contributed by atoms with Crippen molar-refractivity contribution in [1.82, 2.24) is 5.32 Å². The van der Waals surface area contributed by atoms with Gasteiger partial charge < -0.3 is 14.8 Å². The summed E-state index contributed by atoms with van der Waals surface area (Å²) in [6.45, 7) is 4.14. The van der Waals surface area contributed by atoms with Crippen LogP contribution in [0.4, 0.5) is 0 Å². The standard InChI is InChI=1S/C14H24ClNO3/c1-2-19-12-7-11(8-12)9-13(17)16-14(10-15)3-5-18-6-4-14/h11-12H,2-10H2,1H3,(H,16,17). The predicted octanol–water partition coefficient (Wildman–Crippen LogP) is 2.10. The third-order valence-electron chi connectivity index (χ3n) is 4.18. The Kier molecular flexibility index (Phi) is 5.48. The number of rotatable bonds is 6. The van der Waals surface area contributed by atoms with Gasteiger partial charge in [-0.05, 0) is 38.5 Å². The summed E-state index contributed by atoms with van der Waals surface area (Å²) >= 11 is 6.04. The highest BCUT2D eigenvalue weighted by Crippen LogP contribution is 2.33. The van der Waals surface area contributed by atoms with Crippen LogP contribution < -0.4 is 5.32 Å². The number of carbonyl (C=O) groups is 1. The van der Waals surface area contributed by atoms with Gasteiger partial charge in [-0.25, -0.2) is 0 Å². The summed E-state index contributed by atoms with van der Waals surface area (Å²) in [7, 11) is 0. The lowest BCUT2D eigenvalue weighted by Crippen LogP contribution is -2.54. The number of hydrogen-bond donors (Lipinski definition) is 1. The van der Waals surface area contributed by atoms with Gasteiger partial charge in [0.05, 0.1) is 11.6 Å². The maximum atomic E-state index is 12.1. The molecule has 0 atom stereocenters. The monoisotopic (exact) mass is 289 g/mol. The average Bonchev–Trinajstić information content (AvgIpc) is 2.37. The fourth-order valence-corrected chi connectivity index (χ4v) is 3.21. The Labute approximate surface area is 120 Å². The predicted molar refractivity (Wildman–Crippen MR) is 74.4 cm³/mol. The van der Waals surface area contributed by atoms with Crippen LogP contribution in [0.25, 0.3) is 0 Å². The van der Waals surface area contributed by atoms with Gasteiger partial charge in [0.15, 0.2) is 0 Å². The third-order valence-corrected chi connectivity index (χ3v) is 4.69. The van der Waals surface area contributed by atoms with Gasteiger partial charge in [-0.1, -0.05) is 0 Å². The minimum absolute atomic E-state index is 0.127. The number of halogens is 1. The highest BCUT2D eigenvalue weighted by atomic mass is 35.5. The third kappa shape index (κ3) is 4.07. The van der Waals surface area contributed by atoms with Crippen molar-refractivity contribution in [1.29, 1.82) is 0 Å². The van der Waals surface area contributed by atoms with E-state index in [4.69, 9.17) is 21.1 Å². The summed E-state index contributed by atoms with van der Waals surface area (Å²) in [4.78, 5) is 12.1. The summed E-state index contributed by atoms with van der Waals surface area (Å²) in [5, 5.41) is 3.14. The number of ether oxygens (including phenoxy) is 2. The lowest BCUT2D eigenvalue weighted by atomic mass is 9.79. The molecule has 2 rings (SSSR count). The second-order valence-corrected chi connectivity index (χ2v) is 5.96. The van der Waals surface area contributed by atoms with Gasteiger partial charge in [0, 0.05) is 32.1 Å². The molecular weight excluding hydrogens is 266 g/mol. The van der Waals surface area contributed by atoms with Gasteiger partial charge in [-0.3, -0.25) is 4.79 Å². The molecule has 1 N–H and O–H groups in total. The Hall–Kier alpha value is -0.320. The summed E-state index contributed by atoms with van der Waals surface area (Å²) in [5.74, 6) is 1.07. The normalized spacial score (nSPS) is 29.6. The first-order valence-corrected chi connectivity index (χ1v) is 7.77. The first kappa shape index (κ1) is 15.1. The lowest BCUT2D eigenvalue weighted by Gasteiger charge is -2.38. The molecule has 0 unspecified atom stereocenters. The summed E-state index contributed by atoms with van der Waals surface area (Å²) in [6.07, 6.45) is 4.62. The topological polar surface area (TPSA) is 47.6 Å². The zero-order chi connectivity index (χ0) is 13.7. The van der Waals surface area contributed by atoms with Gasteiger partial charge in [0.25, 0.3) is 0 Å². The fraction of sp³-hybridized carbons (Fsp3) is 0.929. The molecule has 1 amide bonds. The van der Waals surface area contributed by atoms with Crippen molar-refractivity contribution >= 4 is 17.5 Å². The van der Waals surface area contributed by atoms with Gasteiger partial charge in [-0.15, -0.1) is 11.6 Å². The Morgan fingerprint density at radius 2 is 2.11 bits per heavy atom. The van der Waals surface area contributed by atoms with E-state index in [9.17, 15) is 4.79 Å². The molecule has 1 saturated carbocycles. The minimum atomic E-state index is -0.250. The van der Waals surface area contributed by atoms with Crippen molar-refractivity contribution in [2.45, 2.75) is 50.7 Å². The van der Waals surface area contributed by atoms with Crippen LogP contribution in [-0.2, 0) is 14.3 Å². The van der Waals surface area contributed by atoms with Crippen molar-refractivity contribution in [2.75, 3.05) is 25.7 Å². The maximum absolute atomic E-state index is 12.1. The van der Waals surface area contributed by atoms with Crippen LogP contribution in [0.1, 0.15) is 39.0 Å². The summed E-state index contributed by atoms with van der Waals surface area (Å²) < 4.78 is 10.8. The largest absolute Gasteiger partial charge is 0.381 e. The highest BCUT2D eigenvalue weighted by molar-refractivity contribution is 6.18. The molecule has 1 saturated heterocycles. The van der Waals surface area contributed by atoms with Crippen LogP contribution in [0.5, 0.6) is 0 Å². The molecule has 1 heterocycles. The van der Waals surface area contributed by atoms with Crippen molar-refractivity contribution in [3.63, 3.8) is 0 Å². The number of hydrogen-bond acceptors (Lipinski definition) is 3. The molecule has 0 bridgehead atoms. The van der Waals surface area contributed by atoms with Crippen LogP contribution in [0.2, 0.25) is 0 Å².